The largest absolute Gasteiger partial charge is 0.467 e. The minimum atomic E-state index is -0.575. The van der Waals surface area contributed by atoms with Gasteiger partial charge in [0.1, 0.15) is 5.76 Å². The molecule has 0 radical (unpaired) electrons. The van der Waals surface area contributed by atoms with E-state index in [1.165, 1.54) is 6.26 Å². The molecule has 5 heteroatoms. The summed E-state index contributed by atoms with van der Waals surface area (Å²) in [6.45, 7) is 2.21. The molecule has 1 rings (SSSR count). The van der Waals surface area contributed by atoms with Crippen molar-refractivity contribution in [2.75, 3.05) is 7.05 Å². The number of furan rings is 1. The number of rotatable bonds is 7. The molecule has 5 nitrogen and oxygen atoms in total. The summed E-state index contributed by atoms with van der Waals surface area (Å²) in [4.78, 5) is 23.3. The Balaban J connectivity index is 2.43. The van der Waals surface area contributed by atoms with Crippen molar-refractivity contribution in [1.29, 1.82) is 0 Å². The van der Waals surface area contributed by atoms with Gasteiger partial charge in [0, 0.05) is 0 Å². The average Bonchev–Trinajstić information content (AvgIpc) is 2.85. The monoisotopic (exact) mass is 238 g/mol. The van der Waals surface area contributed by atoms with Gasteiger partial charge in [-0.05, 0) is 25.6 Å². The zero-order chi connectivity index (χ0) is 12.7. The number of carbonyl (C=O) groups is 2. The van der Waals surface area contributed by atoms with Gasteiger partial charge in [-0.25, -0.2) is 0 Å². The van der Waals surface area contributed by atoms with Crippen LogP contribution in [0.2, 0.25) is 0 Å². The molecular weight excluding hydrogens is 220 g/mol. The fraction of sp³-hybridized carbons (Fsp3) is 0.500. The molecule has 0 aliphatic rings. The van der Waals surface area contributed by atoms with Gasteiger partial charge in [-0.15, -0.1) is 0 Å². The van der Waals surface area contributed by atoms with E-state index in [1.807, 2.05) is 6.92 Å². The second-order valence-corrected chi connectivity index (χ2v) is 3.76. The van der Waals surface area contributed by atoms with Gasteiger partial charge in [-0.2, -0.15) is 0 Å². The molecule has 0 aliphatic heterocycles. The quantitative estimate of drug-likeness (QED) is 0.691. The molecule has 1 aromatic rings. The molecule has 0 spiro atoms. The number of Topliss-reactive ketones (excluding diaryl/α,β-unsaturated/α-hetero) is 1. The lowest BCUT2D eigenvalue weighted by atomic mass is 10.1. The van der Waals surface area contributed by atoms with E-state index in [0.717, 1.165) is 6.42 Å². The number of likely N-dealkylation sites (N-methyl/N-ethyl adjacent to an activating group) is 1. The van der Waals surface area contributed by atoms with E-state index in [2.05, 4.69) is 10.6 Å². The molecule has 0 fully saturated rings. The molecule has 1 heterocycles. The van der Waals surface area contributed by atoms with E-state index in [0.29, 0.717) is 12.2 Å². The smallest absolute Gasteiger partial charge is 0.289 e. The van der Waals surface area contributed by atoms with Crippen molar-refractivity contribution in [3.05, 3.63) is 24.2 Å². The van der Waals surface area contributed by atoms with E-state index < -0.39 is 17.7 Å². The standard InChI is InChI=1S/C12H18N2O3/c1-3-5-10(13-2)11(15)12(16)14-8-9-6-4-7-17-9/h4,6-7,10,13H,3,5,8H2,1-2H3,(H,14,16). The summed E-state index contributed by atoms with van der Waals surface area (Å²) in [7, 11) is 1.68. The van der Waals surface area contributed by atoms with Crippen molar-refractivity contribution >= 4 is 11.7 Å². The molecule has 2 N–H and O–H groups in total. The third-order valence-corrected chi connectivity index (χ3v) is 2.47. The molecule has 94 valence electrons. The van der Waals surface area contributed by atoms with Crippen LogP contribution >= 0.6 is 0 Å². The minimum absolute atomic E-state index is 0.236. The number of nitrogens with one attached hydrogen (secondary N) is 2. The normalized spacial score (nSPS) is 12.1. The molecular formula is C12H18N2O3. The summed E-state index contributed by atoms with van der Waals surface area (Å²) >= 11 is 0. The van der Waals surface area contributed by atoms with Crippen molar-refractivity contribution in [3.63, 3.8) is 0 Å². The first-order valence-corrected chi connectivity index (χ1v) is 5.70. The van der Waals surface area contributed by atoms with Crippen LogP contribution in [-0.2, 0) is 16.1 Å². The van der Waals surface area contributed by atoms with Gasteiger partial charge in [0.25, 0.3) is 5.91 Å². The SMILES string of the molecule is CCCC(NC)C(=O)C(=O)NCc1ccco1. The molecule has 0 saturated heterocycles. The maximum atomic E-state index is 11.7. The Morgan fingerprint density at radius 2 is 2.24 bits per heavy atom. The second-order valence-electron chi connectivity index (χ2n) is 3.76. The highest BCUT2D eigenvalue weighted by Gasteiger charge is 2.22. The van der Waals surface area contributed by atoms with E-state index in [-0.39, 0.29) is 6.54 Å². The van der Waals surface area contributed by atoms with Gasteiger partial charge in [-0.1, -0.05) is 13.3 Å². The molecule has 0 aromatic carbocycles. The third-order valence-electron chi connectivity index (χ3n) is 2.47. The molecule has 1 unspecified atom stereocenters. The highest BCUT2D eigenvalue weighted by Crippen LogP contribution is 2.00. The fourth-order valence-electron chi connectivity index (χ4n) is 1.52. The summed E-state index contributed by atoms with van der Waals surface area (Å²) in [6, 6.07) is 3.07. The van der Waals surface area contributed by atoms with Crippen LogP contribution in [0.4, 0.5) is 0 Å². The Morgan fingerprint density at radius 3 is 2.76 bits per heavy atom. The molecule has 0 aliphatic carbocycles. The van der Waals surface area contributed by atoms with Crippen molar-refractivity contribution in [2.45, 2.75) is 32.4 Å². The summed E-state index contributed by atoms with van der Waals surface area (Å²) < 4.78 is 5.06. The zero-order valence-electron chi connectivity index (χ0n) is 10.2. The molecule has 1 aromatic heterocycles. The van der Waals surface area contributed by atoms with Crippen LogP contribution in [0.1, 0.15) is 25.5 Å². The predicted octanol–water partition coefficient (Wildman–Crippen LogP) is 0.853. The van der Waals surface area contributed by atoms with Crippen LogP contribution in [0, 0.1) is 0 Å². The first-order chi connectivity index (χ1) is 8.19. The van der Waals surface area contributed by atoms with E-state index in [1.54, 1.807) is 19.2 Å². The lowest BCUT2D eigenvalue weighted by Crippen LogP contribution is -2.43. The van der Waals surface area contributed by atoms with E-state index >= 15 is 0 Å². The minimum Gasteiger partial charge on any atom is -0.467 e. The van der Waals surface area contributed by atoms with Crippen LogP contribution in [0.25, 0.3) is 0 Å². The van der Waals surface area contributed by atoms with Gasteiger partial charge >= 0.3 is 0 Å². The van der Waals surface area contributed by atoms with Crippen LogP contribution in [0.3, 0.4) is 0 Å². The van der Waals surface area contributed by atoms with Gasteiger partial charge in [-0.3, -0.25) is 9.59 Å². The molecule has 0 saturated carbocycles. The Kier molecular flexibility index (Phi) is 5.42. The Hall–Kier alpha value is -1.62. The number of amides is 1. The Morgan fingerprint density at radius 1 is 1.47 bits per heavy atom. The summed E-state index contributed by atoms with van der Waals surface area (Å²) in [5.74, 6) is -0.377. The van der Waals surface area contributed by atoms with Crippen molar-refractivity contribution in [3.8, 4) is 0 Å². The Bertz CT molecular complexity index is 360. The molecule has 1 amide bonds. The van der Waals surface area contributed by atoms with Gasteiger partial charge in [0.15, 0.2) is 0 Å². The average molecular weight is 238 g/mol. The number of carbonyl (C=O) groups excluding carboxylic acids is 2. The molecule has 0 bridgehead atoms. The van der Waals surface area contributed by atoms with Crippen molar-refractivity contribution < 1.29 is 14.0 Å². The van der Waals surface area contributed by atoms with E-state index in [4.69, 9.17) is 4.42 Å². The first kappa shape index (κ1) is 13.4. The summed E-state index contributed by atoms with van der Waals surface area (Å²) in [6.07, 6.45) is 3.03. The highest BCUT2D eigenvalue weighted by atomic mass is 16.3. The van der Waals surface area contributed by atoms with Crippen LogP contribution in [0.5, 0.6) is 0 Å². The van der Waals surface area contributed by atoms with Crippen molar-refractivity contribution in [1.82, 2.24) is 10.6 Å². The van der Waals surface area contributed by atoms with E-state index in [9.17, 15) is 9.59 Å². The number of ketones is 1. The summed E-state index contributed by atoms with van der Waals surface area (Å²) in [5.41, 5.74) is 0. The predicted molar refractivity (Wildman–Crippen MR) is 63.3 cm³/mol. The highest BCUT2D eigenvalue weighted by molar-refractivity contribution is 6.38. The maximum absolute atomic E-state index is 11.7. The Labute approximate surface area is 101 Å². The zero-order valence-corrected chi connectivity index (χ0v) is 10.2. The summed E-state index contributed by atoms with van der Waals surface area (Å²) in [5, 5.41) is 5.38. The van der Waals surface area contributed by atoms with Gasteiger partial charge < -0.3 is 15.1 Å². The van der Waals surface area contributed by atoms with Crippen molar-refractivity contribution in [2.24, 2.45) is 0 Å². The topological polar surface area (TPSA) is 71.3 Å². The van der Waals surface area contributed by atoms with Crippen LogP contribution in [-0.4, -0.2) is 24.8 Å². The van der Waals surface area contributed by atoms with Crippen LogP contribution < -0.4 is 10.6 Å². The number of hydrogen-bond acceptors (Lipinski definition) is 4. The maximum Gasteiger partial charge on any atom is 0.289 e. The number of hydrogen-bond donors (Lipinski definition) is 2. The third kappa shape index (κ3) is 4.03. The van der Waals surface area contributed by atoms with Crippen LogP contribution in [0.15, 0.2) is 22.8 Å². The molecule has 1 atom stereocenters. The first-order valence-electron chi connectivity index (χ1n) is 5.70. The van der Waals surface area contributed by atoms with Gasteiger partial charge in [0.05, 0.1) is 18.8 Å². The second kappa shape index (κ2) is 6.85. The lowest BCUT2D eigenvalue weighted by molar-refractivity contribution is -0.139. The molecule has 17 heavy (non-hydrogen) atoms. The fourth-order valence-corrected chi connectivity index (χ4v) is 1.52. The lowest BCUT2D eigenvalue weighted by Gasteiger charge is -2.12. The van der Waals surface area contributed by atoms with Gasteiger partial charge in [0.2, 0.25) is 5.78 Å².